The number of esters is 1. The van der Waals surface area contributed by atoms with Gasteiger partial charge in [0.1, 0.15) is 0 Å². The molecule has 2 fully saturated rings. The molecular weight excluding hydrogens is 425 g/mol. The number of benzene rings is 2. The van der Waals surface area contributed by atoms with Gasteiger partial charge in [0.05, 0.1) is 16.6 Å². The summed E-state index contributed by atoms with van der Waals surface area (Å²) in [5, 5.41) is 3.35. The summed E-state index contributed by atoms with van der Waals surface area (Å²) in [7, 11) is 0. The Labute approximate surface area is 184 Å². The van der Waals surface area contributed by atoms with E-state index >= 15 is 0 Å². The predicted octanol–water partition coefficient (Wildman–Crippen LogP) is 5.02. The lowest BCUT2D eigenvalue weighted by molar-refractivity contribution is -0.154. The summed E-state index contributed by atoms with van der Waals surface area (Å²) in [5.41, 5.74) is 1.00. The summed E-state index contributed by atoms with van der Waals surface area (Å²) in [6.45, 7) is -0.433. The molecule has 0 aromatic heterocycles. The Morgan fingerprint density at radius 1 is 0.967 bits per heavy atom. The van der Waals surface area contributed by atoms with Gasteiger partial charge in [0.15, 0.2) is 12.4 Å². The number of nitrogens with one attached hydrogen (secondary N) is 1. The van der Waals surface area contributed by atoms with Crippen LogP contribution in [0.15, 0.2) is 48.5 Å². The van der Waals surface area contributed by atoms with Crippen LogP contribution in [0.25, 0.3) is 0 Å². The lowest BCUT2D eigenvalue weighted by Crippen LogP contribution is -2.37. The van der Waals surface area contributed by atoms with Gasteiger partial charge in [0.2, 0.25) is 0 Å². The average Bonchev–Trinajstić information content (AvgIpc) is 3.36. The highest BCUT2D eigenvalue weighted by Gasteiger charge is 2.54. The number of fused-ring (bicyclic) bond motifs is 2. The smallest absolute Gasteiger partial charge is 0.310 e. The molecule has 7 heteroatoms. The number of halogens is 2. The maximum atomic E-state index is 13.1. The third-order valence-electron chi connectivity index (χ3n) is 6.10. The number of ether oxygens (including phenoxy) is 1. The first-order chi connectivity index (χ1) is 14.4. The zero-order chi connectivity index (χ0) is 21.3. The second kappa shape index (κ2) is 8.78. The van der Waals surface area contributed by atoms with Crippen molar-refractivity contribution in [3.05, 3.63) is 64.1 Å². The lowest BCUT2D eigenvalue weighted by atomic mass is 9.75. The van der Waals surface area contributed by atoms with Gasteiger partial charge in [-0.2, -0.15) is 0 Å². The maximum Gasteiger partial charge on any atom is 0.310 e. The topological polar surface area (TPSA) is 72.5 Å². The first kappa shape index (κ1) is 20.9. The van der Waals surface area contributed by atoms with Crippen LogP contribution in [-0.4, -0.2) is 24.3 Å². The molecule has 5 nitrogen and oxygen atoms in total. The number of anilines is 1. The van der Waals surface area contributed by atoms with Gasteiger partial charge in [-0.05, 0) is 49.3 Å². The molecule has 1 amide bonds. The van der Waals surface area contributed by atoms with Crippen molar-refractivity contribution in [3.63, 3.8) is 0 Å². The van der Waals surface area contributed by atoms with E-state index in [0.29, 0.717) is 21.3 Å². The molecular formula is C23H21Cl2NO4. The molecule has 0 heterocycles. The average molecular weight is 446 g/mol. The third kappa shape index (κ3) is 4.23. The van der Waals surface area contributed by atoms with E-state index in [2.05, 4.69) is 5.32 Å². The number of carbonyl (C=O) groups is 3. The number of hydrogen-bond donors (Lipinski definition) is 1. The molecule has 2 aromatic carbocycles. The molecule has 2 aliphatic rings. The zero-order valence-corrected chi connectivity index (χ0v) is 17.7. The number of Topliss-reactive ketones (excluding diaryl/α,β-unsaturated/α-hetero) is 1. The maximum absolute atomic E-state index is 13.1. The van der Waals surface area contributed by atoms with E-state index in [4.69, 9.17) is 27.9 Å². The number of ketones is 1. The summed E-state index contributed by atoms with van der Waals surface area (Å²) in [4.78, 5) is 38.2. The number of amides is 1. The molecule has 30 heavy (non-hydrogen) atoms. The molecule has 0 unspecified atom stereocenters. The molecule has 0 spiro atoms. The fourth-order valence-electron chi connectivity index (χ4n) is 4.81. The van der Waals surface area contributed by atoms with Crippen molar-refractivity contribution < 1.29 is 19.1 Å². The van der Waals surface area contributed by atoms with E-state index in [1.165, 1.54) is 6.07 Å². The van der Waals surface area contributed by atoms with Crippen molar-refractivity contribution in [2.75, 3.05) is 11.9 Å². The van der Waals surface area contributed by atoms with Gasteiger partial charge < -0.3 is 10.1 Å². The molecule has 0 aliphatic heterocycles. The van der Waals surface area contributed by atoms with Crippen LogP contribution in [0.5, 0.6) is 0 Å². The molecule has 2 aromatic rings. The number of hydrogen-bond acceptors (Lipinski definition) is 4. The van der Waals surface area contributed by atoms with Gasteiger partial charge in [0, 0.05) is 16.5 Å². The summed E-state index contributed by atoms with van der Waals surface area (Å²) < 4.78 is 5.32. The van der Waals surface area contributed by atoms with Crippen LogP contribution in [0.1, 0.15) is 29.6 Å². The standard InChI is InChI=1S/C23H21Cl2NO4/c24-16-8-9-18(17(25)11-16)26-19(27)12-30-23(29)21-15-7-6-14(10-15)20(21)22(28)13-4-2-1-3-5-13/h1-5,8-9,11,14-15,20-21H,6-7,10,12H2,(H,26,27)/t14-,15-,20+,21+/m0/s1. The monoisotopic (exact) mass is 445 g/mol. The number of carbonyl (C=O) groups excluding carboxylic acids is 3. The van der Waals surface area contributed by atoms with E-state index in [-0.39, 0.29) is 23.5 Å². The van der Waals surface area contributed by atoms with E-state index in [1.807, 2.05) is 18.2 Å². The highest BCUT2D eigenvalue weighted by atomic mass is 35.5. The first-order valence-electron chi connectivity index (χ1n) is 9.95. The quantitative estimate of drug-likeness (QED) is 0.500. The minimum atomic E-state index is -0.498. The van der Waals surface area contributed by atoms with Gasteiger partial charge in [-0.25, -0.2) is 0 Å². The SMILES string of the molecule is O=C(COC(=O)[C@@H]1[C@H]2CC[C@@H](C2)[C@H]1C(=O)c1ccccc1)Nc1ccc(Cl)cc1Cl. The molecule has 4 rings (SSSR count). The van der Waals surface area contributed by atoms with Crippen LogP contribution < -0.4 is 5.32 Å². The van der Waals surface area contributed by atoms with Crippen molar-refractivity contribution in [1.29, 1.82) is 0 Å². The Hall–Kier alpha value is -2.37. The molecule has 4 atom stereocenters. The van der Waals surface area contributed by atoms with Gasteiger partial charge in [-0.3, -0.25) is 14.4 Å². The van der Waals surface area contributed by atoms with Crippen molar-refractivity contribution in [2.45, 2.75) is 19.3 Å². The fourth-order valence-corrected chi connectivity index (χ4v) is 5.27. The lowest BCUT2D eigenvalue weighted by Gasteiger charge is -2.28. The summed E-state index contributed by atoms with van der Waals surface area (Å²) in [5.74, 6) is -1.54. The second-order valence-corrected chi connectivity index (χ2v) is 8.74. The Morgan fingerprint density at radius 2 is 1.67 bits per heavy atom. The van der Waals surface area contributed by atoms with Gasteiger partial charge >= 0.3 is 5.97 Å². The van der Waals surface area contributed by atoms with Crippen molar-refractivity contribution in [2.24, 2.45) is 23.7 Å². The van der Waals surface area contributed by atoms with Gasteiger partial charge in [-0.1, -0.05) is 53.5 Å². The minimum Gasteiger partial charge on any atom is -0.455 e. The van der Waals surface area contributed by atoms with Crippen molar-refractivity contribution in [3.8, 4) is 0 Å². The van der Waals surface area contributed by atoms with Crippen LogP contribution in [0.4, 0.5) is 5.69 Å². The van der Waals surface area contributed by atoms with E-state index in [0.717, 1.165) is 19.3 Å². The van der Waals surface area contributed by atoms with Gasteiger partial charge in [-0.15, -0.1) is 0 Å². The van der Waals surface area contributed by atoms with Crippen molar-refractivity contribution >= 4 is 46.5 Å². The second-order valence-electron chi connectivity index (χ2n) is 7.90. The summed E-state index contributed by atoms with van der Waals surface area (Å²) in [6, 6.07) is 13.7. The zero-order valence-electron chi connectivity index (χ0n) is 16.1. The van der Waals surface area contributed by atoms with Crippen molar-refractivity contribution in [1.82, 2.24) is 0 Å². The Kier molecular flexibility index (Phi) is 6.11. The Balaban J connectivity index is 1.40. The third-order valence-corrected chi connectivity index (χ3v) is 6.65. The first-order valence-corrected chi connectivity index (χ1v) is 10.7. The van der Waals surface area contributed by atoms with Crippen LogP contribution in [0.3, 0.4) is 0 Å². The highest BCUT2D eigenvalue weighted by Crippen LogP contribution is 2.53. The molecule has 1 N–H and O–H groups in total. The summed E-state index contributed by atoms with van der Waals surface area (Å²) >= 11 is 11.9. The van der Waals surface area contributed by atoms with E-state index in [9.17, 15) is 14.4 Å². The molecule has 156 valence electrons. The molecule has 0 saturated heterocycles. The molecule has 2 bridgehead atoms. The number of rotatable bonds is 6. The Bertz CT molecular complexity index is 978. The van der Waals surface area contributed by atoms with Crippen LogP contribution >= 0.6 is 23.2 Å². The largest absolute Gasteiger partial charge is 0.455 e. The fraction of sp³-hybridized carbons (Fsp3) is 0.348. The molecule has 2 aliphatic carbocycles. The normalized spacial score (nSPS) is 24.5. The predicted molar refractivity (Wildman–Crippen MR) is 115 cm³/mol. The molecule has 0 radical (unpaired) electrons. The summed E-state index contributed by atoms with van der Waals surface area (Å²) in [6.07, 6.45) is 2.72. The van der Waals surface area contributed by atoms with Crippen LogP contribution in [-0.2, 0) is 14.3 Å². The van der Waals surface area contributed by atoms with E-state index < -0.39 is 24.4 Å². The van der Waals surface area contributed by atoms with Gasteiger partial charge in [0.25, 0.3) is 5.91 Å². The Morgan fingerprint density at radius 3 is 2.37 bits per heavy atom. The highest BCUT2D eigenvalue weighted by molar-refractivity contribution is 6.36. The minimum absolute atomic E-state index is 0.0119. The van der Waals surface area contributed by atoms with E-state index in [1.54, 1.807) is 24.3 Å². The molecule has 2 saturated carbocycles. The van der Waals surface area contributed by atoms with Crippen LogP contribution in [0, 0.1) is 23.7 Å². The van der Waals surface area contributed by atoms with Crippen LogP contribution in [0.2, 0.25) is 10.0 Å².